The first-order valence-electron chi connectivity index (χ1n) is 9.30. The zero-order valence-corrected chi connectivity index (χ0v) is 17.9. The molecule has 30 heavy (non-hydrogen) atoms. The van der Waals surface area contributed by atoms with Gasteiger partial charge in [-0.1, -0.05) is 42.3 Å². The first-order chi connectivity index (χ1) is 14.5. The van der Waals surface area contributed by atoms with Gasteiger partial charge in [0.1, 0.15) is 5.75 Å². The molecule has 0 spiro atoms. The van der Waals surface area contributed by atoms with Crippen LogP contribution in [0.4, 0.5) is 17.3 Å². The molecule has 1 aliphatic heterocycles. The molecule has 4 rings (SSSR count). The van der Waals surface area contributed by atoms with Crippen molar-refractivity contribution in [3.8, 4) is 5.75 Å². The Morgan fingerprint density at radius 3 is 2.27 bits per heavy atom. The molecule has 0 unspecified atom stereocenters. The summed E-state index contributed by atoms with van der Waals surface area (Å²) in [4.78, 5) is 16.8. The second-order valence-corrected chi connectivity index (χ2v) is 7.45. The van der Waals surface area contributed by atoms with Gasteiger partial charge in [0, 0.05) is 19.2 Å². The van der Waals surface area contributed by atoms with Gasteiger partial charge in [-0.3, -0.25) is 9.69 Å². The summed E-state index contributed by atoms with van der Waals surface area (Å²) < 4.78 is 5.24. The van der Waals surface area contributed by atoms with Crippen molar-refractivity contribution in [3.05, 3.63) is 57.8 Å². The van der Waals surface area contributed by atoms with Crippen LogP contribution in [-0.2, 0) is 6.54 Å². The van der Waals surface area contributed by atoms with Crippen LogP contribution in [0.5, 0.6) is 5.75 Å². The van der Waals surface area contributed by atoms with Crippen LogP contribution in [0.2, 0.25) is 10.3 Å². The molecule has 8 nitrogen and oxygen atoms in total. The average Bonchev–Trinajstić information content (AvgIpc) is 2.84. The maximum Gasteiger partial charge on any atom is 0.263 e. The third-order valence-electron chi connectivity index (χ3n) is 4.69. The van der Waals surface area contributed by atoms with Gasteiger partial charge in [-0.05, 0) is 30.2 Å². The van der Waals surface area contributed by atoms with E-state index in [2.05, 4.69) is 20.4 Å². The molecule has 154 valence electrons. The smallest absolute Gasteiger partial charge is 0.263 e. The van der Waals surface area contributed by atoms with Crippen LogP contribution in [0, 0.1) is 0 Å². The molecule has 0 saturated heterocycles. The maximum absolute atomic E-state index is 13.4. The van der Waals surface area contributed by atoms with E-state index in [0.717, 1.165) is 17.7 Å². The predicted molar refractivity (Wildman–Crippen MR) is 115 cm³/mol. The number of carbonyl (C=O) groups excluding carboxylic acids is 1. The lowest BCUT2D eigenvalue weighted by atomic mass is 10.1. The van der Waals surface area contributed by atoms with Gasteiger partial charge in [-0.25, -0.2) is 0 Å². The fourth-order valence-corrected chi connectivity index (χ4v) is 3.61. The van der Waals surface area contributed by atoms with Crippen molar-refractivity contribution in [1.29, 1.82) is 0 Å². The number of ether oxygens (including phenoxy) is 1. The van der Waals surface area contributed by atoms with Gasteiger partial charge >= 0.3 is 0 Å². The second-order valence-electron chi connectivity index (χ2n) is 6.67. The van der Waals surface area contributed by atoms with Crippen LogP contribution in [0.1, 0.15) is 29.3 Å². The third kappa shape index (κ3) is 3.76. The zero-order chi connectivity index (χ0) is 21.3. The lowest BCUT2D eigenvalue weighted by molar-refractivity contribution is 0.0987. The Kier molecular flexibility index (Phi) is 5.69. The first kappa shape index (κ1) is 20.3. The Hall–Kier alpha value is -2.97. The van der Waals surface area contributed by atoms with Crippen LogP contribution in [0.3, 0.4) is 0 Å². The van der Waals surface area contributed by atoms with Crippen LogP contribution >= 0.6 is 23.2 Å². The highest BCUT2D eigenvalue weighted by Crippen LogP contribution is 2.40. The molecule has 0 N–H and O–H groups in total. The number of methoxy groups -OCH3 is 1. The van der Waals surface area contributed by atoms with Crippen LogP contribution in [-0.4, -0.2) is 40.0 Å². The number of amides is 1. The Morgan fingerprint density at radius 1 is 0.933 bits per heavy atom. The molecule has 3 heterocycles. The summed E-state index contributed by atoms with van der Waals surface area (Å²) in [7, 11) is 1.62. The van der Waals surface area contributed by atoms with Crippen molar-refractivity contribution in [3.63, 3.8) is 0 Å². The van der Waals surface area contributed by atoms with Crippen LogP contribution in [0.25, 0.3) is 0 Å². The quantitative estimate of drug-likeness (QED) is 0.579. The number of carbonyl (C=O) groups is 1. The highest BCUT2D eigenvalue weighted by atomic mass is 35.5. The van der Waals surface area contributed by atoms with Crippen molar-refractivity contribution < 1.29 is 9.53 Å². The second kappa shape index (κ2) is 8.41. The van der Waals surface area contributed by atoms with Crippen molar-refractivity contribution in [1.82, 2.24) is 20.4 Å². The van der Waals surface area contributed by atoms with Gasteiger partial charge in [-0.15, -0.1) is 20.4 Å². The van der Waals surface area contributed by atoms with Gasteiger partial charge in [-0.2, -0.15) is 0 Å². The third-order valence-corrected chi connectivity index (χ3v) is 5.06. The number of nitrogens with zero attached hydrogens (tertiary/aromatic N) is 6. The van der Waals surface area contributed by atoms with E-state index < -0.39 is 0 Å². The summed E-state index contributed by atoms with van der Waals surface area (Å²) in [5.74, 6) is 1.27. The fraction of sp³-hybridized carbons (Fsp3) is 0.250. The molecule has 1 aliphatic rings. The number of hydrogen-bond acceptors (Lipinski definition) is 7. The first-order valence-corrected chi connectivity index (χ1v) is 10.1. The topological polar surface area (TPSA) is 84.3 Å². The van der Waals surface area contributed by atoms with E-state index in [1.54, 1.807) is 18.1 Å². The Morgan fingerprint density at radius 2 is 1.60 bits per heavy atom. The molecule has 10 heteroatoms. The molecule has 0 aliphatic carbocycles. The summed E-state index contributed by atoms with van der Waals surface area (Å²) in [5, 5.41) is 16.8. The molecular weight excluding hydrogens is 427 g/mol. The van der Waals surface area contributed by atoms with E-state index in [1.807, 2.05) is 36.1 Å². The molecule has 0 bridgehead atoms. The molecule has 1 aromatic carbocycles. The lowest BCUT2D eigenvalue weighted by Crippen LogP contribution is -2.32. The maximum atomic E-state index is 13.4. The van der Waals surface area contributed by atoms with Gasteiger partial charge in [0.25, 0.3) is 5.91 Å². The van der Waals surface area contributed by atoms with Gasteiger partial charge in [0.15, 0.2) is 21.9 Å². The number of fused-ring (bicyclic) bond motifs is 2. The van der Waals surface area contributed by atoms with E-state index in [-0.39, 0.29) is 16.2 Å². The standard InChI is InChI=1S/C20H18Cl2N6O2/c1-3-8-27-19-15(10-17(22)24-26-19)28(11-12-4-6-13(30-2)7-5-12)18-14(20(27)29)9-16(21)23-25-18/h4-7,9-10H,3,8,11H2,1-2H3. The molecule has 0 radical (unpaired) electrons. The van der Waals surface area contributed by atoms with E-state index in [1.165, 1.54) is 6.07 Å². The van der Waals surface area contributed by atoms with Gasteiger partial charge in [0.2, 0.25) is 0 Å². The fourth-order valence-electron chi connectivity index (χ4n) is 3.32. The van der Waals surface area contributed by atoms with Gasteiger partial charge < -0.3 is 9.64 Å². The largest absolute Gasteiger partial charge is 0.497 e. The molecule has 0 saturated carbocycles. The molecule has 3 aromatic rings. The monoisotopic (exact) mass is 444 g/mol. The average molecular weight is 445 g/mol. The Balaban J connectivity index is 1.90. The lowest BCUT2D eigenvalue weighted by Gasteiger charge is -2.25. The number of halogens is 2. The van der Waals surface area contributed by atoms with Crippen LogP contribution in [0.15, 0.2) is 36.4 Å². The SMILES string of the molecule is CCCN1C(=O)c2cc(Cl)nnc2N(Cc2ccc(OC)cc2)c2cc(Cl)nnc21. The number of rotatable bonds is 5. The normalized spacial score (nSPS) is 13.0. The molecule has 0 fully saturated rings. The summed E-state index contributed by atoms with van der Waals surface area (Å²) in [6, 6.07) is 10.8. The minimum Gasteiger partial charge on any atom is -0.497 e. The highest BCUT2D eigenvalue weighted by molar-refractivity contribution is 6.30. The zero-order valence-electron chi connectivity index (χ0n) is 16.3. The molecule has 2 aromatic heterocycles. The number of aromatic nitrogens is 4. The number of benzene rings is 1. The summed E-state index contributed by atoms with van der Waals surface area (Å²) >= 11 is 12.2. The van der Waals surface area contributed by atoms with E-state index in [9.17, 15) is 4.79 Å². The van der Waals surface area contributed by atoms with E-state index in [4.69, 9.17) is 27.9 Å². The van der Waals surface area contributed by atoms with Gasteiger partial charge in [0.05, 0.1) is 18.4 Å². The van der Waals surface area contributed by atoms with Crippen molar-refractivity contribution in [2.24, 2.45) is 0 Å². The summed E-state index contributed by atoms with van der Waals surface area (Å²) in [6.07, 6.45) is 0.732. The number of anilines is 3. The number of hydrogen-bond donors (Lipinski definition) is 0. The summed E-state index contributed by atoms with van der Waals surface area (Å²) in [6.45, 7) is 2.84. The Labute approximate surface area is 183 Å². The highest BCUT2D eigenvalue weighted by Gasteiger charge is 2.34. The van der Waals surface area contributed by atoms with Crippen molar-refractivity contribution in [2.75, 3.05) is 23.5 Å². The predicted octanol–water partition coefficient (Wildman–Crippen LogP) is 4.29. The minimum atomic E-state index is -0.265. The molecular formula is C20H18Cl2N6O2. The van der Waals surface area contributed by atoms with Crippen LogP contribution < -0.4 is 14.5 Å². The van der Waals surface area contributed by atoms with E-state index >= 15 is 0 Å². The van der Waals surface area contributed by atoms with E-state index in [0.29, 0.717) is 36.0 Å². The molecule has 1 amide bonds. The minimum absolute atomic E-state index is 0.137. The van der Waals surface area contributed by atoms with Crippen molar-refractivity contribution in [2.45, 2.75) is 19.9 Å². The van der Waals surface area contributed by atoms with Crippen molar-refractivity contribution >= 4 is 46.4 Å². The summed E-state index contributed by atoms with van der Waals surface area (Å²) in [5.41, 5.74) is 1.92. The Bertz CT molecular complexity index is 1090. The molecule has 0 atom stereocenters.